The molecule has 1 saturated heterocycles. The first-order valence-corrected chi connectivity index (χ1v) is 8.96. The molecule has 2 N–H and O–H groups in total. The second kappa shape index (κ2) is 8.79. The summed E-state index contributed by atoms with van der Waals surface area (Å²) in [5.41, 5.74) is 1.61. The summed E-state index contributed by atoms with van der Waals surface area (Å²) in [4.78, 5) is 26.6. The van der Waals surface area contributed by atoms with Crippen molar-refractivity contribution in [1.29, 1.82) is 0 Å². The number of amides is 2. The number of carbonyl (C=O) groups is 2. The van der Waals surface area contributed by atoms with Crippen molar-refractivity contribution in [3.8, 4) is 0 Å². The minimum Gasteiger partial charge on any atom is -0.394 e. The van der Waals surface area contributed by atoms with Crippen LogP contribution in [0.1, 0.15) is 21.8 Å². The lowest BCUT2D eigenvalue weighted by Gasteiger charge is -2.55. The summed E-state index contributed by atoms with van der Waals surface area (Å²) in [6.45, 7) is 0.135. The summed E-state index contributed by atoms with van der Waals surface area (Å²) < 4.78 is 4.85. The Hall–Kier alpha value is -2.70. The first kappa shape index (κ1) is 19.1. The summed E-state index contributed by atoms with van der Waals surface area (Å²) in [6, 6.07) is 18.2. The topological polar surface area (TPSA) is 78.9 Å². The van der Waals surface area contributed by atoms with Crippen LogP contribution in [0.25, 0.3) is 0 Å². The fourth-order valence-corrected chi connectivity index (χ4v) is 3.72. The van der Waals surface area contributed by atoms with Crippen molar-refractivity contribution >= 4 is 11.8 Å². The highest BCUT2D eigenvalue weighted by Gasteiger charge is 2.51. The van der Waals surface area contributed by atoms with Gasteiger partial charge in [0, 0.05) is 25.1 Å². The Kier molecular flexibility index (Phi) is 6.21. The smallest absolute Gasteiger partial charge is 0.254 e. The average molecular weight is 368 g/mol. The number of nitrogens with zero attached hydrogens (tertiary/aromatic N) is 1. The number of hydrogen-bond donors (Lipinski definition) is 2. The number of hydrogen-bond acceptors (Lipinski definition) is 4. The lowest BCUT2D eigenvalue weighted by Crippen LogP contribution is -2.68. The molecule has 0 spiro atoms. The van der Waals surface area contributed by atoms with Crippen LogP contribution >= 0.6 is 0 Å². The maximum absolute atomic E-state index is 13.0. The fraction of sp³-hybridized carbons (Fsp3) is 0.333. The van der Waals surface area contributed by atoms with Gasteiger partial charge in [0.05, 0.1) is 18.7 Å². The Morgan fingerprint density at radius 1 is 1.04 bits per heavy atom. The highest BCUT2D eigenvalue weighted by atomic mass is 16.5. The average Bonchev–Trinajstić information content (AvgIpc) is 2.69. The van der Waals surface area contributed by atoms with E-state index in [-0.39, 0.29) is 43.0 Å². The van der Waals surface area contributed by atoms with E-state index in [1.807, 2.05) is 48.5 Å². The summed E-state index contributed by atoms with van der Waals surface area (Å²) >= 11 is 0. The Labute approximate surface area is 158 Å². The SMILES string of the molecule is COCC(=O)NC[C@@H]1[C@@H](c2ccccc2)[C@@H](CO)N1C(=O)c1ccccc1. The zero-order chi connectivity index (χ0) is 19.2. The minimum absolute atomic E-state index is 0.0290. The number of aliphatic hydroxyl groups excluding tert-OH is 1. The molecule has 0 aromatic heterocycles. The van der Waals surface area contributed by atoms with E-state index in [0.29, 0.717) is 12.1 Å². The van der Waals surface area contributed by atoms with Crippen LogP contribution in [0.15, 0.2) is 60.7 Å². The number of rotatable bonds is 7. The zero-order valence-corrected chi connectivity index (χ0v) is 15.2. The maximum atomic E-state index is 13.0. The van der Waals surface area contributed by atoms with Gasteiger partial charge in [-0.2, -0.15) is 0 Å². The van der Waals surface area contributed by atoms with Crippen molar-refractivity contribution in [2.24, 2.45) is 0 Å². The first-order valence-electron chi connectivity index (χ1n) is 8.96. The Balaban J connectivity index is 1.85. The number of likely N-dealkylation sites (tertiary alicyclic amines) is 1. The van der Waals surface area contributed by atoms with Crippen LogP contribution in [0.5, 0.6) is 0 Å². The quantitative estimate of drug-likeness (QED) is 0.775. The van der Waals surface area contributed by atoms with Crippen molar-refractivity contribution in [3.63, 3.8) is 0 Å². The molecule has 0 radical (unpaired) electrons. The van der Waals surface area contributed by atoms with E-state index in [1.54, 1.807) is 17.0 Å². The fourth-order valence-electron chi connectivity index (χ4n) is 3.72. The Morgan fingerprint density at radius 3 is 2.26 bits per heavy atom. The van der Waals surface area contributed by atoms with Gasteiger partial charge in [0.15, 0.2) is 0 Å². The lowest BCUT2D eigenvalue weighted by atomic mass is 9.74. The summed E-state index contributed by atoms with van der Waals surface area (Å²) in [6.07, 6.45) is 0. The molecule has 2 aromatic carbocycles. The molecule has 3 rings (SSSR count). The van der Waals surface area contributed by atoms with Gasteiger partial charge in [-0.3, -0.25) is 9.59 Å². The third kappa shape index (κ3) is 4.02. The molecule has 6 nitrogen and oxygen atoms in total. The van der Waals surface area contributed by atoms with Crippen LogP contribution in [-0.4, -0.2) is 60.8 Å². The van der Waals surface area contributed by atoms with Crippen molar-refractivity contribution in [2.75, 3.05) is 26.9 Å². The molecule has 1 aliphatic rings. The number of carbonyl (C=O) groups excluding carboxylic acids is 2. The van der Waals surface area contributed by atoms with E-state index in [4.69, 9.17) is 4.74 Å². The van der Waals surface area contributed by atoms with Gasteiger partial charge in [0.25, 0.3) is 5.91 Å². The molecule has 1 heterocycles. The first-order chi connectivity index (χ1) is 13.2. The number of benzene rings is 2. The molecule has 142 valence electrons. The lowest BCUT2D eigenvalue weighted by molar-refractivity contribution is -0.125. The van der Waals surface area contributed by atoms with Gasteiger partial charge in [-0.1, -0.05) is 48.5 Å². The van der Waals surface area contributed by atoms with Crippen LogP contribution in [-0.2, 0) is 9.53 Å². The van der Waals surface area contributed by atoms with Crippen LogP contribution in [0.4, 0.5) is 0 Å². The molecule has 0 saturated carbocycles. The molecule has 1 fully saturated rings. The third-order valence-corrected chi connectivity index (χ3v) is 4.95. The summed E-state index contributed by atoms with van der Waals surface area (Å²) in [5, 5.41) is 12.8. The molecule has 3 atom stereocenters. The van der Waals surface area contributed by atoms with Crippen LogP contribution in [0.2, 0.25) is 0 Å². The van der Waals surface area contributed by atoms with E-state index in [1.165, 1.54) is 7.11 Å². The van der Waals surface area contributed by atoms with E-state index in [9.17, 15) is 14.7 Å². The molecule has 27 heavy (non-hydrogen) atoms. The summed E-state index contributed by atoms with van der Waals surface area (Å²) in [7, 11) is 1.46. The van der Waals surface area contributed by atoms with Gasteiger partial charge in [-0.05, 0) is 17.7 Å². The second-order valence-electron chi connectivity index (χ2n) is 6.57. The molecule has 0 unspecified atom stereocenters. The van der Waals surface area contributed by atoms with Crippen molar-refractivity contribution < 1.29 is 19.4 Å². The van der Waals surface area contributed by atoms with Crippen LogP contribution in [0, 0.1) is 0 Å². The summed E-state index contributed by atoms with van der Waals surface area (Å²) in [5.74, 6) is -0.427. The van der Waals surface area contributed by atoms with Gasteiger partial charge in [0.1, 0.15) is 6.61 Å². The van der Waals surface area contributed by atoms with E-state index >= 15 is 0 Å². The number of methoxy groups -OCH3 is 1. The van der Waals surface area contributed by atoms with Gasteiger partial charge in [-0.25, -0.2) is 0 Å². The van der Waals surface area contributed by atoms with Gasteiger partial charge < -0.3 is 20.1 Å². The number of aliphatic hydroxyl groups is 1. The standard InChI is InChI=1S/C21H24N2O4/c1-27-14-19(25)22-12-17-20(15-8-4-2-5-9-15)18(13-24)23(17)21(26)16-10-6-3-7-11-16/h2-11,17-18,20,24H,12-14H2,1H3,(H,22,25)/t17-,18-,20-/m1/s1. The minimum atomic E-state index is -0.329. The van der Waals surface area contributed by atoms with Gasteiger partial charge in [-0.15, -0.1) is 0 Å². The molecule has 6 heteroatoms. The highest BCUT2D eigenvalue weighted by molar-refractivity contribution is 5.95. The largest absolute Gasteiger partial charge is 0.394 e. The number of nitrogens with one attached hydrogen (secondary N) is 1. The Bertz CT molecular complexity index is 766. The van der Waals surface area contributed by atoms with Crippen LogP contribution in [0.3, 0.4) is 0 Å². The number of ether oxygens (including phenoxy) is 1. The monoisotopic (exact) mass is 368 g/mol. The highest BCUT2D eigenvalue weighted by Crippen LogP contribution is 2.41. The molecule has 1 aliphatic heterocycles. The zero-order valence-electron chi connectivity index (χ0n) is 15.2. The van der Waals surface area contributed by atoms with Crippen molar-refractivity contribution in [1.82, 2.24) is 10.2 Å². The molecule has 0 bridgehead atoms. The van der Waals surface area contributed by atoms with E-state index < -0.39 is 0 Å². The molecule has 0 aliphatic carbocycles. The molecule has 2 aromatic rings. The molecular weight excluding hydrogens is 344 g/mol. The van der Waals surface area contributed by atoms with Crippen molar-refractivity contribution in [3.05, 3.63) is 71.8 Å². The normalized spacial score (nSPS) is 21.4. The van der Waals surface area contributed by atoms with Gasteiger partial charge in [0.2, 0.25) is 5.91 Å². The Morgan fingerprint density at radius 2 is 1.67 bits per heavy atom. The van der Waals surface area contributed by atoms with Crippen molar-refractivity contribution in [2.45, 2.75) is 18.0 Å². The maximum Gasteiger partial charge on any atom is 0.254 e. The van der Waals surface area contributed by atoms with Crippen LogP contribution < -0.4 is 5.32 Å². The van der Waals surface area contributed by atoms with E-state index in [2.05, 4.69) is 5.32 Å². The second-order valence-corrected chi connectivity index (χ2v) is 6.57. The predicted octanol–water partition coefficient (Wildman–Crippen LogP) is 1.42. The van der Waals surface area contributed by atoms with E-state index in [0.717, 1.165) is 5.56 Å². The third-order valence-electron chi connectivity index (χ3n) is 4.95. The molecular formula is C21H24N2O4. The molecule has 2 amide bonds. The predicted molar refractivity (Wildman–Crippen MR) is 101 cm³/mol. The van der Waals surface area contributed by atoms with Gasteiger partial charge >= 0.3 is 0 Å².